The van der Waals surface area contributed by atoms with E-state index in [-0.39, 0.29) is 0 Å². The van der Waals surface area contributed by atoms with E-state index in [0.29, 0.717) is 0 Å². The topological polar surface area (TPSA) is 50.3 Å². The Morgan fingerprint density at radius 1 is 1.00 bits per heavy atom. The van der Waals surface area contributed by atoms with Crippen molar-refractivity contribution in [3.63, 3.8) is 0 Å². The molecule has 0 atom stereocenters. The molecule has 0 aliphatic heterocycles. The SMILES string of the molecule is CON(Nc1ccc(C)nc1)c1ccc(C)nc1. The highest BCUT2D eigenvalue weighted by Gasteiger charge is 2.06. The second-order valence-corrected chi connectivity index (χ2v) is 3.93. The second-order valence-electron chi connectivity index (χ2n) is 3.93. The lowest BCUT2D eigenvalue weighted by Crippen LogP contribution is -2.28. The Balaban J connectivity index is 2.14. The van der Waals surface area contributed by atoms with Gasteiger partial charge in [0.15, 0.2) is 0 Å². The zero-order valence-electron chi connectivity index (χ0n) is 10.7. The molecule has 0 amide bonds. The van der Waals surface area contributed by atoms with Crippen LogP contribution >= 0.6 is 0 Å². The van der Waals surface area contributed by atoms with Crippen LogP contribution in [0.4, 0.5) is 11.4 Å². The van der Waals surface area contributed by atoms with Crippen LogP contribution in [0, 0.1) is 13.8 Å². The molecule has 0 radical (unpaired) electrons. The van der Waals surface area contributed by atoms with E-state index in [1.807, 2.05) is 38.1 Å². The molecule has 2 rings (SSSR count). The van der Waals surface area contributed by atoms with Crippen molar-refractivity contribution in [2.75, 3.05) is 17.7 Å². The first kappa shape index (κ1) is 12.3. The summed E-state index contributed by atoms with van der Waals surface area (Å²) >= 11 is 0. The van der Waals surface area contributed by atoms with E-state index >= 15 is 0 Å². The van der Waals surface area contributed by atoms with Gasteiger partial charge in [-0.25, -0.2) is 0 Å². The number of nitrogens with one attached hydrogen (secondary N) is 1. The van der Waals surface area contributed by atoms with E-state index in [4.69, 9.17) is 4.84 Å². The molecular formula is C13H16N4O. The minimum Gasteiger partial charge on any atom is -0.273 e. The molecule has 5 nitrogen and oxygen atoms in total. The monoisotopic (exact) mass is 244 g/mol. The smallest absolute Gasteiger partial charge is 0.106 e. The number of hydrazine groups is 1. The highest BCUT2D eigenvalue weighted by molar-refractivity contribution is 5.51. The summed E-state index contributed by atoms with van der Waals surface area (Å²) in [5.41, 5.74) is 6.71. The van der Waals surface area contributed by atoms with Crippen molar-refractivity contribution in [2.24, 2.45) is 0 Å². The number of pyridine rings is 2. The second kappa shape index (κ2) is 5.46. The van der Waals surface area contributed by atoms with Gasteiger partial charge in [-0.1, -0.05) is 0 Å². The van der Waals surface area contributed by atoms with E-state index in [2.05, 4.69) is 15.4 Å². The van der Waals surface area contributed by atoms with Crippen LogP contribution in [0.15, 0.2) is 36.7 Å². The van der Waals surface area contributed by atoms with Crippen molar-refractivity contribution >= 4 is 11.4 Å². The molecular weight excluding hydrogens is 228 g/mol. The Kier molecular flexibility index (Phi) is 3.74. The fraction of sp³-hybridized carbons (Fsp3) is 0.231. The van der Waals surface area contributed by atoms with Gasteiger partial charge in [0.1, 0.15) is 5.69 Å². The molecule has 0 saturated carbocycles. The van der Waals surface area contributed by atoms with Gasteiger partial charge in [-0.2, -0.15) is 5.17 Å². The van der Waals surface area contributed by atoms with E-state index in [9.17, 15) is 0 Å². The molecule has 0 fully saturated rings. The normalized spacial score (nSPS) is 10.2. The summed E-state index contributed by atoms with van der Waals surface area (Å²) in [6.07, 6.45) is 3.50. The zero-order chi connectivity index (χ0) is 13.0. The molecule has 2 heterocycles. The predicted molar refractivity (Wildman–Crippen MR) is 71.1 cm³/mol. The van der Waals surface area contributed by atoms with Gasteiger partial charge in [-0.3, -0.25) is 20.2 Å². The van der Waals surface area contributed by atoms with E-state index in [1.165, 1.54) is 0 Å². The van der Waals surface area contributed by atoms with Crippen molar-refractivity contribution in [2.45, 2.75) is 13.8 Å². The molecule has 5 heteroatoms. The van der Waals surface area contributed by atoms with E-state index in [1.54, 1.807) is 24.7 Å². The zero-order valence-corrected chi connectivity index (χ0v) is 10.7. The van der Waals surface area contributed by atoms with Gasteiger partial charge < -0.3 is 0 Å². The van der Waals surface area contributed by atoms with Crippen LogP contribution in [0.1, 0.15) is 11.4 Å². The first-order chi connectivity index (χ1) is 8.69. The predicted octanol–water partition coefficient (Wildman–Crippen LogP) is 2.49. The standard InChI is InChI=1S/C13H16N4O/c1-10-4-6-12(8-14-10)16-17(18-3)13-7-5-11(2)15-9-13/h4-9,16H,1-3H3. The minimum atomic E-state index is 0.823. The van der Waals surface area contributed by atoms with Crippen LogP contribution < -0.4 is 10.6 Å². The summed E-state index contributed by atoms with van der Waals surface area (Å²) in [5.74, 6) is 0. The number of aryl methyl sites for hydroxylation is 2. The molecule has 0 spiro atoms. The molecule has 2 aromatic rings. The Hall–Kier alpha value is -2.14. The number of hydrogen-bond donors (Lipinski definition) is 1. The van der Waals surface area contributed by atoms with Crippen molar-refractivity contribution in [3.8, 4) is 0 Å². The fourth-order valence-electron chi connectivity index (χ4n) is 1.45. The number of rotatable bonds is 4. The number of nitrogens with zero attached hydrogens (tertiary/aromatic N) is 3. The summed E-state index contributed by atoms with van der Waals surface area (Å²) in [4.78, 5) is 13.7. The molecule has 1 N–H and O–H groups in total. The lowest BCUT2D eigenvalue weighted by Gasteiger charge is -2.22. The highest BCUT2D eigenvalue weighted by atomic mass is 16.7. The molecule has 94 valence electrons. The summed E-state index contributed by atoms with van der Waals surface area (Å²) in [6.45, 7) is 3.89. The molecule has 0 saturated heterocycles. The van der Waals surface area contributed by atoms with Crippen LogP contribution in [0.3, 0.4) is 0 Å². The summed E-state index contributed by atoms with van der Waals surface area (Å²) in [7, 11) is 1.59. The summed E-state index contributed by atoms with van der Waals surface area (Å²) in [6, 6.07) is 7.73. The van der Waals surface area contributed by atoms with Crippen LogP contribution in [-0.2, 0) is 4.84 Å². The molecule has 0 unspecified atom stereocenters. The highest BCUT2D eigenvalue weighted by Crippen LogP contribution is 2.15. The average Bonchev–Trinajstić information content (AvgIpc) is 2.39. The average molecular weight is 244 g/mol. The largest absolute Gasteiger partial charge is 0.273 e. The molecule has 0 aliphatic rings. The third kappa shape index (κ3) is 2.95. The van der Waals surface area contributed by atoms with Gasteiger partial charge in [-0.05, 0) is 38.1 Å². The summed E-state index contributed by atoms with van der Waals surface area (Å²) in [5, 5.41) is 1.54. The van der Waals surface area contributed by atoms with Crippen LogP contribution in [0.2, 0.25) is 0 Å². The van der Waals surface area contributed by atoms with Crippen LogP contribution in [-0.4, -0.2) is 17.1 Å². The van der Waals surface area contributed by atoms with Crippen LogP contribution in [0.5, 0.6) is 0 Å². The van der Waals surface area contributed by atoms with Gasteiger partial charge in [0.2, 0.25) is 0 Å². The quantitative estimate of drug-likeness (QED) is 0.837. The molecule has 0 aliphatic carbocycles. The molecule has 0 bridgehead atoms. The Bertz CT molecular complexity index is 495. The molecule has 0 aromatic carbocycles. The van der Waals surface area contributed by atoms with Crippen LogP contribution in [0.25, 0.3) is 0 Å². The number of hydrogen-bond acceptors (Lipinski definition) is 5. The van der Waals surface area contributed by atoms with E-state index in [0.717, 1.165) is 22.8 Å². The van der Waals surface area contributed by atoms with Crippen molar-refractivity contribution in [1.29, 1.82) is 0 Å². The lowest BCUT2D eigenvalue weighted by molar-refractivity contribution is 0.183. The van der Waals surface area contributed by atoms with Crippen molar-refractivity contribution in [3.05, 3.63) is 48.0 Å². The Morgan fingerprint density at radius 3 is 2.17 bits per heavy atom. The number of aromatic nitrogens is 2. The third-order valence-corrected chi connectivity index (χ3v) is 2.45. The first-order valence-corrected chi connectivity index (χ1v) is 5.65. The maximum atomic E-state index is 5.26. The summed E-state index contributed by atoms with van der Waals surface area (Å²) < 4.78 is 0. The van der Waals surface area contributed by atoms with Crippen molar-refractivity contribution in [1.82, 2.24) is 9.97 Å². The first-order valence-electron chi connectivity index (χ1n) is 5.65. The molecule has 18 heavy (non-hydrogen) atoms. The van der Waals surface area contributed by atoms with Gasteiger partial charge in [-0.15, -0.1) is 0 Å². The number of anilines is 2. The van der Waals surface area contributed by atoms with Gasteiger partial charge >= 0.3 is 0 Å². The van der Waals surface area contributed by atoms with Gasteiger partial charge in [0, 0.05) is 11.4 Å². The molecule has 2 aromatic heterocycles. The third-order valence-electron chi connectivity index (χ3n) is 2.45. The fourth-order valence-corrected chi connectivity index (χ4v) is 1.45. The van der Waals surface area contributed by atoms with Gasteiger partial charge in [0.05, 0.1) is 25.2 Å². The lowest BCUT2D eigenvalue weighted by atomic mass is 10.3. The van der Waals surface area contributed by atoms with Gasteiger partial charge in [0.25, 0.3) is 0 Å². The minimum absolute atomic E-state index is 0.823. The maximum Gasteiger partial charge on any atom is 0.106 e. The maximum absolute atomic E-state index is 5.26. The Morgan fingerprint density at radius 2 is 1.67 bits per heavy atom. The van der Waals surface area contributed by atoms with E-state index < -0.39 is 0 Å². The van der Waals surface area contributed by atoms with Crippen molar-refractivity contribution < 1.29 is 4.84 Å². The Labute approximate surface area is 106 Å².